The summed E-state index contributed by atoms with van der Waals surface area (Å²) in [6.07, 6.45) is 6.85. The number of rotatable bonds is 5. The van der Waals surface area contributed by atoms with Gasteiger partial charge in [-0.25, -0.2) is 8.42 Å². The van der Waals surface area contributed by atoms with Crippen molar-refractivity contribution in [1.29, 1.82) is 0 Å². The Morgan fingerprint density at radius 1 is 1.40 bits per heavy atom. The molecular formula is C13H24N4O2S. The number of aromatic nitrogens is 2. The highest BCUT2D eigenvalue weighted by molar-refractivity contribution is 7.89. The van der Waals surface area contributed by atoms with Crippen LogP contribution in [0, 0.1) is 0 Å². The highest BCUT2D eigenvalue weighted by atomic mass is 32.2. The summed E-state index contributed by atoms with van der Waals surface area (Å²) in [6.45, 7) is 3.07. The number of sulfonamides is 1. The Hall–Kier alpha value is -0.920. The lowest BCUT2D eigenvalue weighted by molar-refractivity contribution is 0.251. The van der Waals surface area contributed by atoms with Crippen molar-refractivity contribution in [2.24, 2.45) is 7.05 Å². The average Bonchev–Trinajstić information content (AvgIpc) is 2.86. The van der Waals surface area contributed by atoms with E-state index in [1.165, 1.54) is 15.2 Å². The summed E-state index contributed by atoms with van der Waals surface area (Å²) in [6, 6.07) is 0.626. The van der Waals surface area contributed by atoms with E-state index in [0.29, 0.717) is 6.04 Å². The maximum atomic E-state index is 12.5. The van der Waals surface area contributed by atoms with Crippen LogP contribution in [0.2, 0.25) is 0 Å². The number of hydrogen-bond acceptors (Lipinski definition) is 4. The van der Waals surface area contributed by atoms with Crippen LogP contribution in [0.4, 0.5) is 0 Å². The molecule has 0 bridgehead atoms. The molecule has 2 rings (SSSR count). The van der Waals surface area contributed by atoms with Gasteiger partial charge < -0.3 is 5.32 Å². The summed E-state index contributed by atoms with van der Waals surface area (Å²) in [5.74, 6) is 0. The molecule has 1 N–H and O–H groups in total. The van der Waals surface area contributed by atoms with E-state index in [1.54, 1.807) is 20.3 Å². The van der Waals surface area contributed by atoms with Gasteiger partial charge in [-0.2, -0.15) is 9.40 Å². The first-order chi connectivity index (χ1) is 9.45. The molecule has 1 aromatic heterocycles. The van der Waals surface area contributed by atoms with Gasteiger partial charge in [-0.1, -0.05) is 6.92 Å². The molecule has 1 aliphatic rings. The quantitative estimate of drug-likeness (QED) is 0.879. The Morgan fingerprint density at radius 3 is 2.55 bits per heavy atom. The van der Waals surface area contributed by atoms with Gasteiger partial charge in [-0.05, 0) is 32.2 Å². The lowest BCUT2D eigenvalue weighted by Gasteiger charge is -2.34. The van der Waals surface area contributed by atoms with E-state index in [2.05, 4.69) is 17.3 Å². The van der Waals surface area contributed by atoms with Gasteiger partial charge in [0.05, 0.1) is 6.20 Å². The molecule has 20 heavy (non-hydrogen) atoms. The number of nitrogens with one attached hydrogen (secondary N) is 1. The summed E-state index contributed by atoms with van der Waals surface area (Å²) in [5, 5.41) is 7.38. The highest BCUT2D eigenvalue weighted by Crippen LogP contribution is 2.26. The minimum absolute atomic E-state index is 0.0927. The maximum absolute atomic E-state index is 12.5. The molecule has 0 unspecified atom stereocenters. The van der Waals surface area contributed by atoms with E-state index in [1.807, 2.05) is 0 Å². The van der Waals surface area contributed by atoms with Crippen LogP contribution in [-0.4, -0.2) is 48.2 Å². The molecule has 1 aliphatic carbocycles. The van der Waals surface area contributed by atoms with Gasteiger partial charge in [-0.3, -0.25) is 4.68 Å². The summed E-state index contributed by atoms with van der Waals surface area (Å²) in [4.78, 5) is 0.274. The molecule has 0 spiro atoms. The minimum Gasteiger partial charge on any atom is -0.314 e. The van der Waals surface area contributed by atoms with Crippen LogP contribution in [0.3, 0.4) is 0 Å². The van der Waals surface area contributed by atoms with Gasteiger partial charge >= 0.3 is 0 Å². The van der Waals surface area contributed by atoms with Gasteiger partial charge in [0.1, 0.15) is 4.90 Å². The fourth-order valence-electron chi connectivity index (χ4n) is 2.83. The second-order valence-electron chi connectivity index (χ2n) is 5.43. The van der Waals surface area contributed by atoms with Crippen molar-refractivity contribution in [2.75, 3.05) is 13.6 Å². The Bertz CT molecular complexity index is 532. The third-order valence-electron chi connectivity index (χ3n) is 4.06. The standard InChI is InChI=1S/C13H24N4O2S/c1-4-14-11-5-7-12(8-6-11)17(3)20(18,19)13-9-15-16(2)10-13/h9-12,14H,4-8H2,1-3H3. The lowest BCUT2D eigenvalue weighted by Crippen LogP contribution is -2.43. The first-order valence-electron chi connectivity index (χ1n) is 7.15. The predicted molar refractivity (Wildman–Crippen MR) is 77.9 cm³/mol. The molecule has 0 saturated heterocycles. The highest BCUT2D eigenvalue weighted by Gasteiger charge is 2.31. The van der Waals surface area contributed by atoms with Gasteiger partial charge in [0, 0.05) is 32.4 Å². The monoisotopic (exact) mass is 300 g/mol. The molecule has 1 heterocycles. The second kappa shape index (κ2) is 6.24. The molecule has 0 atom stereocenters. The van der Waals surface area contributed by atoms with Gasteiger partial charge in [0.15, 0.2) is 0 Å². The SMILES string of the molecule is CCNC1CCC(N(C)S(=O)(=O)c2cnn(C)c2)CC1. The van der Waals surface area contributed by atoms with Crippen LogP contribution in [0.1, 0.15) is 32.6 Å². The topological polar surface area (TPSA) is 67.2 Å². The fourth-order valence-corrected chi connectivity index (χ4v) is 4.23. The van der Waals surface area contributed by atoms with Crippen molar-refractivity contribution in [2.45, 2.75) is 49.6 Å². The number of aryl methyl sites for hydroxylation is 1. The number of nitrogens with zero attached hydrogens (tertiary/aromatic N) is 3. The molecular weight excluding hydrogens is 276 g/mol. The van der Waals surface area contributed by atoms with Crippen molar-refractivity contribution in [3.8, 4) is 0 Å². The van der Waals surface area contributed by atoms with Crippen molar-refractivity contribution >= 4 is 10.0 Å². The van der Waals surface area contributed by atoms with Crippen LogP contribution in [0.5, 0.6) is 0 Å². The molecule has 0 aliphatic heterocycles. The first-order valence-corrected chi connectivity index (χ1v) is 8.59. The molecule has 0 aromatic carbocycles. The van der Waals surface area contributed by atoms with E-state index in [4.69, 9.17) is 0 Å². The first kappa shape index (κ1) is 15.5. The Kier molecular flexibility index (Phi) is 4.82. The second-order valence-corrected chi connectivity index (χ2v) is 7.43. The Labute approximate surface area is 121 Å². The van der Waals surface area contributed by atoms with Crippen LogP contribution < -0.4 is 5.32 Å². The zero-order valence-corrected chi connectivity index (χ0v) is 13.2. The van der Waals surface area contributed by atoms with Crippen LogP contribution >= 0.6 is 0 Å². The predicted octanol–water partition coefficient (Wildman–Crippen LogP) is 0.961. The molecule has 1 fully saturated rings. The van der Waals surface area contributed by atoms with Crippen molar-refractivity contribution in [1.82, 2.24) is 19.4 Å². The molecule has 6 nitrogen and oxygen atoms in total. The van der Waals surface area contributed by atoms with Gasteiger partial charge in [-0.15, -0.1) is 0 Å². The molecule has 1 aromatic rings. The van der Waals surface area contributed by atoms with E-state index < -0.39 is 10.0 Å². The van der Waals surface area contributed by atoms with Gasteiger partial charge in [0.25, 0.3) is 0 Å². The number of hydrogen-bond donors (Lipinski definition) is 1. The van der Waals surface area contributed by atoms with E-state index in [9.17, 15) is 8.42 Å². The summed E-state index contributed by atoms with van der Waals surface area (Å²) >= 11 is 0. The summed E-state index contributed by atoms with van der Waals surface area (Å²) in [5.41, 5.74) is 0. The van der Waals surface area contributed by atoms with E-state index >= 15 is 0 Å². The van der Waals surface area contributed by atoms with E-state index in [0.717, 1.165) is 32.2 Å². The maximum Gasteiger partial charge on any atom is 0.246 e. The zero-order valence-electron chi connectivity index (χ0n) is 12.4. The Balaban J connectivity index is 2.03. The molecule has 0 amide bonds. The normalized spacial score (nSPS) is 24.2. The summed E-state index contributed by atoms with van der Waals surface area (Å²) < 4.78 is 28.1. The van der Waals surface area contributed by atoms with Gasteiger partial charge in [0.2, 0.25) is 10.0 Å². The fraction of sp³-hybridized carbons (Fsp3) is 0.769. The molecule has 114 valence electrons. The van der Waals surface area contributed by atoms with Crippen LogP contribution in [-0.2, 0) is 17.1 Å². The molecule has 1 saturated carbocycles. The van der Waals surface area contributed by atoms with Crippen molar-refractivity contribution in [3.05, 3.63) is 12.4 Å². The molecule has 0 radical (unpaired) electrons. The van der Waals surface area contributed by atoms with Crippen molar-refractivity contribution in [3.63, 3.8) is 0 Å². The van der Waals surface area contributed by atoms with Crippen LogP contribution in [0.25, 0.3) is 0 Å². The van der Waals surface area contributed by atoms with E-state index in [-0.39, 0.29) is 10.9 Å². The third-order valence-corrected chi connectivity index (χ3v) is 5.92. The largest absolute Gasteiger partial charge is 0.314 e. The van der Waals surface area contributed by atoms with Crippen molar-refractivity contribution < 1.29 is 8.42 Å². The molecule has 7 heteroatoms. The summed E-state index contributed by atoms with van der Waals surface area (Å²) in [7, 11) is -0.0140. The lowest BCUT2D eigenvalue weighted by atomic mass is 9.91. The van der Waals surface area contributed by atoms with Crippen LogP contribution in [0.15, 0.2) is 17.3 Å². The zero-order chi connectivity index (χ0) is 14.8. The average molecular weight is 300 g/mol. The smallest absolute Gasteiger partial charge is 0.246 e. The minimum atomic E-state index is -3.42. The Morgan fingerprint density at radius 2 is 2.05 bits per heavy atom. The third kappa shape index (κ3) is 3.21.